The van der Waals surface area contributed by atoms with Gasteiger partial charge in [0.05, 0.1) is 18.2 Å². The first kappa shape index (κ1) is 23.3. The van der Waals surface area contributed by atoms with Crippen LogP contribution >= 0.6 is 0 Å². The molecule has 0 saturated heterocycles. The van der Waals surface area contributed by atoms with Gasteiger partial charge in [0.2, 0.25) is 0 Å². The summed E-state index contributed by atoms with van der Waals surface area (Å²) < 4.78 is 10.6. The Morgan fingerprint density at radius 3 is 2.75 bits per heavy atom. The van der Waals surface area contributed by atoms with E-state index in [1.54, 1.807) is 7.11 Å². The molecular weight excluding hydrogens is 410 g/mol. The summed E-state index contributed by atoms with van der Waals surface area (Å²) in [5.41, 5.74) is 2.75. The monoisotopic (exact) mass is 441 g/mol. The van der Waals surface area contributed by atoms with Crippen LogP contribution in [0.2, 0.25) is 0 Å². The molecule has 0 fully saturated rings. The first-order chi connectivity index (χ1) is 15.1. The number of methoxy groups -OCH3 is 1. The highest BCUT2D eigenvalue weighted by Crippen LogP contribution is 2.28. The summed E-state index contributed by atoms with van der Waals surface area (Å²) in [5.74, 6) is 0.912. The van der Waals surface area contributed by atoms with Gasteiger partial charge in [-0.25, -0.2) is 9.78 Å². The summed E-state index contributed by atoms with van der Waals surface area (Å²) in [7, 11) is 1.57. The van der Waals surface area contributed by atoms with Crippen molar-refractivity contribution in [1.29, 1.82) is 0 Å². The molecule has 172 valence electrons. The van der Waals surface area contributed by atoms with Crippen LogP contribution in [0.15, 0.2) is 30.3 Å². The summed E-state index contributed by atoms with van der Waals surface area (Å²) in [6.45, 7) is 8.52. The van der Waals surface area contributed by atoms with Crippen molar-refractivity contribution in [2.24, 2.45) is 0 Å². The molecule has 0 radical (unpaired) electrons. The lowest BCUT2D eigenvalue weighted by Crippen LogP contribution is -2.45. The third-order valence-electron chi connectivity index (χ3n) is 4.67. The quantitative estimate of drug-likeness (QED) is 0.497. The van der Waals surface area contributed by atoms with Crippen LogP contribution in [0.25, 0.3) is 0 Å². The average Bonchev–Trinajstić information content (AvgIpc) is 3.06. The second-order valence-electron chi connectivity index (χ2n) is 8.75. The normalized spacial score (nSPS) is 13.7. The van der Waals surface area contributed by atoms with Crippen molar-refractivity contribution in [2.45, 2.75) is 45.9 Å². The van der Waals surface area contributed by atoms with Gasteiger partial charge in [-0.3, -0.25) is 4.79 Å². The van der Waals surface area contributed by atoms with Gasteiger partial charge in [-0.2, -0.15) is 0 Å². The Labute approximate surface area is 188 Å². The van der Waals surface area contributed by atoms with Crippen molar-refractivity contribution in [2.75, 3.05) is 30.9 Å². The molecule has 1 aromatic carbocycles. The Bertz CT molecular complexity index is 987. The molecule has 32 heavy (non-hydrogen) atoms. The van der Waals surface area contributed by atoms with Crippen LogP contribution in [0.5, 0.6) is 0 Å². The summed E-state index contributed by atoms with van der Waals surface area (Å²) in [4.78, 5) is 29.1. The van der Waals surface area contributed by atoms with Crippen LogP contribution in [0.4, 0.5) is 22.1 Å². The van der Waals surface area contributed by atoms with Crippen LogP contribution < -0.4 is 21.3 Å². The van der Waals surface area contributed by atoms with Crippen molar-refractivity contribution in [3.8, 4) is 0 Å². The number of benzene rings is 1. The molecule has 2 heterocycles. The minimum absolute atomic E-state index is 0.155. The van der Waals surface area contributed by atoms with E-state index in [1.807, 2.05) is 58.0 Å². The van der Waals surface area contributed by atoms with Crippen LogP contribution in [0, 0.1) is 6.92 Å². The Morgan fingerprint density at radius 2 is 2.06 bits per heavy atom. The van der Waals surface area contributed by atoms with Crippen molar-refractivity contribution in [1.82, 2.24) is 15.6 Å². The molecular formula is C23H31N5O4. The molecule has 0 bridgehead atoms. The molecule has 2 aromatic rings. The summed E-state index contributed by atoms with van der Waals surface area (Å²) in [5, 5.41) is 12.1. The highest BCUT2D eigenvalue weighted by atomic mass is 16.6. The number of rotatable bonds is 8. The van der Waals surface area contributed by atoms with E-state index in [2.05, 4.69) is 26.3 Å². The summed E-state index contributed by atoms with van der Waals surface area (Å²) in [6, 6.07) is 9.36. The topological polar surface area (TPSA) is 114 Å². The van der Waals surface area contributed by atoms with Gasteiger partial charge in [0.15, 0.2) is 0 Å². The van der Waals surface area contributed by atoms with E-state index in [1.165, 1.54) is 0 Å². The Hall–Kier alpha value is -3.33. The molecule has 2 amide bonds. The highest BCUT2D eigenvalue weighted by Gasteiger charge is 2.26. The number of nitrogens with one attached hydrogen (secondary N) is 4. The maximum atomic E-state index is 12.4. The maximum absolute atomic E-state index is 12.4. The van der Waals surface area contributed by atoms with Crippen LogP contribution in [-0.4, -0.2) is 48.9 Å². The van der Waals surface area contributed by atoms with E-state index in [0.29, 0.717) is 36.9 Å². The third kappa shape index (κ3) is 6.34. The zero-order valence-corrected chi connectivity index (χ0v) is 19.2. The zero-order valence-electron chi connectivity index (χ0n) is 19.2. The van der Waals surface area contributed by atoms with Gasteiger partial charge in [-0.15, -0.1) is 0 Å². The molecule has 1 atom stereocenters. The molecule has 0 unspecified atom stereocenters. The predicted octanol–water partition coefficient (Wildman–Crippen LogP) is 3.33. The molecule has 0 saturated carbocycles. The molecule has 1 aliphatic rings. The van der Waals surface area contributed by atoms with Crippen molar-refractivity contribution >= 4 is 29.3 Å². The Balaban J connectivity index is 1.75. The SMILES string of the molecule is COC[C@@H](CNc1cc2c(c(Nc3cccc(C)c3)n1)C(=O)NC2)NC(=O)OC(C)(C)C. The predicted molar refractivity (Wildman–Crippen MR) is 123 cm³/mol. The second kappa shape index (κ2) is 9.86. The lowest BCUT2D eigenvalue weighted by atomic mass is 10.1. The number of ether oxygens (including phenoxy) is 2. The summed E-state index contributed by atoms with van der Waals surface area (Å²) >= 11 is 0. The number of carbonyl (C=O) groups excluding carboxylic acids is 2. The molecule has 3 rings (SSSR count). The fourth-order valence-electron chi connectivity index (χ4n) is 3.35. The van der Waals surface area contributed by atoms with Crippen molar-refractivity contribution in [3.05, 3.63) is 47.0 Å². The fraction of sp³-hybridized carbons (Fsp3) is 0.435. The minimum atomic E-state index is -0.591. The van der Waals surface area contributed by atoms with Gasteiger partial charge in [0.25, 0.3) is 5.91 Å². The van der Waals surface area contributed by atoms with Gasteiger partial charge in [-0.05, 0) is 57.0 Å². The van der Waals surface area contributed by atoms with Crippen LogP contribution in [-0.2, 0) is 16.0 Å². The number of aryl methyl sites for hydroxylation is 1. The fourth-order valence-corrected chi connectivity index (χ4v) is 3.35. The number of alkyl carbamates (subject to hydrolysis) is 1. The van der Waals surface area contributed by atoms with Crippen molar-refractivity contribution in [3.63, 3.8) is 0 Å². The largest absolute Gasteiger partial charge is 0.444 e. The van der Waals surface area contributed by atoms with Crippen LogP contribution in [0.1, 0.15) is 42.3 Å². The van der Waals surface area contributed by atoms with E-state index >= 15 is 0 Å². The number of carbonyl (C=O) groups is 2. The molecule has 0 aliphatic carbocycles. The van der Waals surface area contributed by atoms with Gasteiger partial charge in [-0.1, -0.05) is 12.1 Å². The zero-order chi connectivity index (χ0) is 23.3. The van der Waals surface area contributed by atoms with E-state index < -0.39 is 11.7 Å². The number of aromatic nitrogens is 1. The number of amides is 2. The lowest BCUT2D eigenvalue weighted by Gasteiger charge is -2.24. The van der Waals surface area contributed by atoms with Gasteiger partial charge in [0, 0.05) is 25.9 Å². The molecule has 0 spiro atoms. The first-order valence-electron chi connectivity index (χ1n) is 10.5. The van der Waals surface area contributed by atoms with Gasteiger partial charge < -0.3 is 30.7 Å². The third-order valence-corrected chi connectivity index (χ3v) is 4.67. The van der Waals surface area contributed by atoms with Gasteiger partial charge >= 0.3 is 6.09 Å². The Kier molecular flexibility index (Phi) is 7.19. The lowest BCUT2D eigenvalue weighted by molar-refractivity contribution is 0.0474. The van der Waals surface area contributed by atoms with E-state index in [-0.39, 0.29) is 11.9 Å². The van der Waals surface area contributed by atoms with Gasteiger partial charge in [0.1, 0.15) is 17.2 Å². The summed E-state index contributed by atoms with van der Waals surface area (Å²) in [6.07, 6.45) is -0.514. The Morgan fingerprint density at radius 1 is 1.28 bits per heavy atom. The molecule has 9 nitrogen and oxygen atoms in total. The van der Waals surface area contributed by atoms with Crippen molar-refractivity contribution < 1.29 is 19.1 Å². The molecule has 9 heteroatoms. The number of anilines is 3. The minimum Gasteiger partial charge on any atom is -0.444 e. The number of fused-ring (bicyclic) bond motifs is 1. The number of hydrogen-bond donors (Lipinski definition) is 4. The average molecular weight is 442 g/mol. The van der Waals surface area contributed by atoms with E-state index in [0.717, 1.165) is 16.8 Å². The molecule has 4 N–H and O–H groups in total. The number of pyridine rings is 1. The standard InChI is InChI=1S/C23H31N5O4/c1-14-7-6-8-16(9-14)26-20-19-15(11-25-21(19)29)10-18(28-20)24-12-17(13-31-5)27-22(30)32-23(2,3)4/h6-10,17H,11-13H2,1-5H3,(H,25,29)(H,27,30)(H2,24,26,28)/t17-/m1/s1. The molecule has 1 aromatic heterocycles. The number of nitrogens with zero attached hydrogens (tertiary/aromatic N) is 1. The molecule has 1 aliphatic heterocycles. The maximum Gasteiger partial charge on any atom is 0.408 e. The van der Waals surface area contributed by atoms with E-state index in [4.69, 9.17) is 9.47 Å². The van der Waals surface area contributed by atoms with E-state index in [9.17, 15) is 9.59 Å². The highest BCUT2D eigenvalue weighted by molar-refractivity contribution is 6.03. The number of hydrogen-bond acceptors (Lipinski definition) is 7. The first-order valence-corrected chi connectivity index (χ1v) is 10.5. The second-order valence-corrected chi connectivity index (χ2v) is 8.75. The van der Waals surface area contributed by atoms with Crippen LogP contribution in [0.3, 0.4) is 0 Å². The smallest absolute Gasteiger partial charge is 0.408 e.